The number of hydrogen-bond acceptors (Lipinski definition) is 2. The number of rotatable bonds is 6. The highest BCUT2D eigenvalue weighted by atomic mass is 35.5. The van der Waals surface area contributed by atoms with Gasteiger partial charge in [-0.1, -0.05) is 43.0 Å². The lowest BCUT2D eigenvalue weighted by atomic mass is 9.88. The van der Waals surface area contributed by atoms with Gasteiger partial charge in [0.1, 0.15) is 0 Å². The van der Waals surface area contributed by atoms with Crippen LogP contribution in [-0.2, 0) is 6.54 Å². The molecule has 3 heteroatoms. The number of nitrogens with zero attached hydrogens (tertiary/aromatic N) is 1. The van der Waals surface area contributed by atoms with Gasteiger partial charge in [-0.3, -0.25) is 4.90 Å². The van der Waals surface area contributed by atoms with Crippen LogP contribution in [0.5, 0.6) is 0 Å². The summed E-state index contributed by atoms with van der Waals surface area (Å²) in [6, 6.07) is 8.43. The fourth-order valence-electron chi connectivity index (χ4n) is 4.23. The Labute approximate surface area is 146 Å². The summed E-state index contributed by atoms with van der Waals surface area (Å²) in [6.07, 6.45) is 9.90. The van der Waals surface area contributed by atoms with Crippen molar-refractivity contribution in [3.05, 3.63) is 34.9 Å². The van der Waals surface area contributed by atoms with Crippen LogP contribution in [0.3, 0.4) is 0 Å². The zero-order chi connectivity index (χ0) is 15.9. The minimum absolute atomic E-state index is 0.819. The maximum Gasteiger partial charge on any atom is 0.0406 e. The average Bonchev–Trinajstić information content (AvgIpc) is 2.59. The highest BCUT2D eigenvalue weighted by Gasteiger charge is 2.21. The summed E-state index contributed by atoms with van der Waals surface area (Å²) in [5, 5.41) is 4.41. The molecule has 23 heavy (non-hydrogen) atoms. The predicted molar refractivity (Wildman–Crippen MR) is 98.9 cm³/mol. The lowest BCUT2D eigenvalue weighted by molar-refractivity contribution is 0.157. The topological polar surface area (TPSA) is 15.3 Å². The van der Waals surface area contributed by atoms with Crippen molar-refractivity contribution in [3.8, 4) is 0 Å². The number of piperidine rings is 1. The largest absolute Gasteiger partial charge is 0.316 e. The molecule has 2 nitrogen and oxygen atoms in total. The van der Waals surface area contributed by atoms with Gasteiger partial charge in [0.05, 0.1) is 0 Å². The zero-order valence-corrected chi connectivity index (χ0v) is 15.0. The highest BCUT2D eigenvalue weighted by Crippen LogP contribution is 2.26. The third-order valence-electron chi connectivity index (χ3n) is 5.48. The van der Waals surface area contributed by atoms with E-state index in [-0.39, 0.29) is 0 Å². The second kappa shape index (κ2) is 9.05. The van der Waals surface area contributed by atoms with Gasteiger partial charge in [-0.2, -0.15) is 0 Å². The van der Waals surface area contributed by atoms with Crippen LogP contribution in [0.1, 0.15) is 50.5 Å². The Balaban J connectivity index is 1.60. The van der Waals surface area contributed by atoms with Crippen LogP contribution in [0.25, 0.3) is 0 Å². The van der Waals surface area contributed by atoms with E-state index >= 15 is 0 Å². The quantitative estimate of drug-likeness (QED) is 0.809. The van der Waals surface area contributed by atoms with Crippen LogP contribution in [0.15, 0.2) is 24.3 Å². The third-order valence-corrected chi connectivity index (χ3v) is 5.73. The Hall–Kier alpha value is -0.570. The molecule has 1 saturated heterocycles. The summed E-state index contributed by atoms with van der Waals surface area (Å²) in [6.45, 7) is 5.99. The number of nitrogens with one attached hydrogen (secondary N) is 1. The molecule has 2 fully saturated rings. The van der Waals surface area contributed by atoms with Crippen LogP contribution in [0.2, 0.25) is 5.02 Å². The van der Waals surface area contributed by atoms with Crippen molar-refractivity contribution < 1.29 is 0 Å². The first kappa shape index (κ1) is 17.3. The molecule has 128 valence electrons. The fourth-order valence-corrected chi connectivity index (χ4v) is 4.36. The first-order valence-electron chi connectivity index (χ1n) is 9.47. The molecule has 1 aliphatic carbocycles. The molecule has 0 spiro atoms. The smallest absolute Gasteiger partial charge is 0.0406 e. The first-order valence-corrected chi connectivity index (χ1v) is 9.85. The van der Waals surface area contributed by atoms with Crippen LogP contribution >= 0.6 is 11.6 Å². The van der Waals surface area contributed by atoms with E-state index in [2.05, 4.69) is 22.3 Å². The molecule has 1 N–H and O–H groups in total. The van der Waals surface area contributed by atoms with Gasteiger partial charge >= 0.3 is 0 Å². The average molecular weight is 335 g/mol. The Kier molecular flexibility index (Phi) is 6.79. The monoisotopic (exact) mass is 334 g/mol. The molecule has 1 aromatic rings. The van der Waals surface area contributed by atoms with Crippen molar-refractivity contribution in [1.29, 1.82) is 0 Å². The second-order valence-electron chi connectivity index (χ2n) is 7.54. The summed E-state index contributed by atoms with van der Waals surface area (Å²) in [5.41, 5.74) is 1.40. The van der Waals surface area contributed by atoms with Gasteiger partial charge in [-0.15, -0.1) is 0 Å². The van der Waals surface area contributed by atoms with Gasteiger partial charge in [0.15, 0.2) is 0 Å². The number of hydrogen-bond donors (Lipinski definition) is 1. The van der Waals surface area contributed by atoms with E-state index in [1.807, 2.05) is 12.1 Å². The van der Waals surface area contributed by atoms with Crippen molar-refractivity contribution in [2.24, 2.45) is 11.8 Å². The summed E-state index contributed by atoms with van der Waals surface area (Å²) in [5.74, 6) is 1.73. The molecular formula is C20H31ClN2. The molecule has 1 heterocycles. The Morgan fingerprint density at radius 1 is 0.913 bits per heavy atom. The maximum absolute atomic E-state index is 6.04. The minimum atomic E-state index is 0.819. The maximum atomic E-state index is 6.04. The summed E-state index contributed by atoms with van der Waals surface area (Å²) < 4.78 is 0. The van der Waals surface area contributed by atoms with Crippen molar-refractivity contribution in [2.45, 2.75) is 51.5 Å². The molecule has 0 bridgehead atoms. The molecule has 0 aromatic heterocycles. The fraction of sp³-hybridized carbons (Fsp3) is 0.700. The molecule has 1 atom stereocenters. The van der Waals surface area contributed by atoms with Crippen LogP contribution in [0, 0.1) is 11.8 Å². The van der Waals surface area contributed by atoms with Gasteiger partial charge in [0.25, 0.3) is 0 Å². The molecule has 0 amide bonds. The molecule has 2 aliphatic rings. The van der Waals surface area contributed by atoms with Crippen LogP contribution in [-0.4, -0.2) is 31.1 Å². The van der Waals surface area contributed by atoms with E-state index in [1.54, 1.807) is 0 Å². The van der Waals surface area contributed by atoms with Crippen molar-refractivity contribution in [2.75, 3.05) is 26.2 Å². The first-order chi connectivity index (χ1) is 11.3. The summed E-state index contributed by atoms with van der Waals surface area (Å²) in [7, 11) is 0. The van der Waals surface area contributed by atoms with Gasteiger partial charge in [-0.25, -0.2) is 0 Å². The molecule has 0 radical (unpaired) electrons. The van der Waals surface area contributed by atoms with Crippen molar-refractivity contribution in [1.82, 2.24) is 10.2 Å². The van der Waals surface area contributed by atoms with Gasteiger partial charge in [-0.05, 0) is 68.3 Å². The van der Waals surface area contributed by atoms with E-state index in [0.717, 1.165) is 23.4 Å². The zero-order valence-electron chi connectivity index (χ0n) is 14.3. The molecule has 1 unspecified atom stereocenters. The highest BCUT2D eigenvalue weighted by molar-refractivity contribution is 6.30. The van der Waals surface area contributed by atoms with E-state index in [1.165, 1.54) is 76.7 Å². The molecule has 1 aliphatic heterocycles. The lowest BCUT2D eigenvalue weighted by Gasteiger charge is -2.34. The van der Waals surface area contributed by atoms with Gasteiger partial charge in [0.2, 0.25) is 0 Å². The van der Waals surface area contributed by atoms with Crippen molar-refractivity contribution in [3.63, 3.8) is 0 Å². The Morgan fingerprint density at radius 3 is 2.30 bits per heavy atom. The standard InChI is InChI=1S/C20H31ClN2/c21-20-10-8-18(9-11-20)15-23(14-17-5-2-1-3-6-17)16-19-7-4-12-22-13-19/h8-11,17,19,22H,1-7,12-16H2. The third kappa shape index (κ3) is 5.77. The number of halogens is 1. The van der Waals surface area contributed by atoms with Crippen LogP contribution in [0.4, 0.5) is 0 Å². The van der Waals surface area contributed by atoms with E-state index < -0.39 is 0 Å². The molecule has 3 rings (SSSR count). The van der Waals surface area contributed by atoms with Gasteiger partial charge in [0, 0.05) is 24.7 Å². The summed E-state index contributed by atoms with van der Waals surface area (Å²) in [4.78, 5) is 2.72. The molecule has 1 aromatic carbocycles. The Morgan fingerprint density at radius 2 is 1.61 bits per heavy atom. The molecule has 1 saturated carbocycles. The molecular weight excluding hydrogens is 304 g/mol. The summed E-state index contributed by atoms with van der Waals surface area (Å²) >= 11 is 6.04. The van der Waals surface area contributed by atoms with E-state index in [0.29, 0.717) is 0 Å². The van der Waals surface area contributed by atoms with Crippen molar-refractivity contribution >= 4 is 11.6 Å². The van der Waals surface area contributed by atoms with Crippen LogP contribution < -0.4 is 5.32 Å². The normalized spacial score (nSPS) is 23.3. The van der Waals surface area contributed by atoms with E-state index in [4.69, 9.17) is 11.6 Å². The number of benzene rings is 1. The SMILES string of the molecule is Clc1ccc(CN(CC2CCCCC2)CC2CCCNC2)cc1. The minimum Gasteiger partial charge on any atom is -0.316 e. The Bertz CT molecular complexity index is 427. The predicted octanol–water partition coefficient (Wildman–Crippen LogP) is 4.72. The van der Waals surface area contributed by atoms with E-state index in [9.17, 15) is 0 Å². The lowest BCUT2D eigenvalue weighted by Crippen LogP contribution is -2.40. The second-order valence-corrected chi connectivity index (χ2v) is 7.97. The van der Waals surface area contributed by atoms with Gasteiger partial charge < -0.3 is 5.32 Å².